The number of aromatic nitrogens is 1. The number of halogens is 1. The van der Waals surface area contributed by atoms with Crippen molar-refractivity contribution in [2.75, 3.05) is 0 Å². The van der Waals surface area contributed by atoms with Gasteiger partial charge in [-0.2, -0.15) is 0 Å². The molecule has 0 aliphatic carbocycles. The van der Waals surface area contributed by atoms with Crippen LogP contribution < -0.4 is 0 Å². The maximum atomic E-state index is 12.7. The van der Waals surface area contributed by atoms with Crippen molar-refractivity contribution in [3.05, 3.63) is 42.0 Å². The molecular formula is C12H12FNO. The Bertz CT molecular complexity index is 445. The topological polar surface area (TPSA) is 26.0 Å². The predicted molar refractivity (Wildman–Crippen MR) is 56.0 cm³/mol. The summed E-state index contributed by atoms with van der Waals surface area (Å²) in [7, 11) is 0. The summed E-state index contributed by atoms with van der Waals surface area (Å²) in [4.78, 5) is 4.15. The zero-order valence-electron chi connectivity index (χ0n) is 8.70. The van der Waals surface area contributed by atoms with E-state index in [0.29, 0.717) is 11.8 Å². The fourth-order valence-corrected chi connectivity index (χ4v) is 1.28. The highest BCUT2D eigenvalue weighted by Gasteiger charge is 2.08. The first-order valence-corrected chi connectivity index (χ1v) is 4.88. The first-order valence-electron chi connectivity index (χ1n) is 4.88. The van der Waals surface area contributed by atoms with Crippen LogP contribution in [0.3, 0.4) is 0 Å². The highest BCUT2D eigenvalue weighted by atomic mass is 19.1. The summed E-state index contributed by atoms with van der Waals surface area (Å²) in [6, 6.07) is 6.11. The molecule has 1 heterocycles. The van der Waals surface area contributed by atoms with Gasteiger partial charge < -0.3 is 4.42 Å². The highest BCUT2D eigenvalue weighted by molar-refractivity contribution is 5.52. The van der Waals surface area contributed by atoms with Crippen LogP contribution in [-0.4, -0.2) is 4.98 Å². The third kappa shape index (κ3) is 2.06. The molecule has 15 heavy (non-hydrogen) atoms. The fraction of sp³-hybridized carbons (Fsp3) is 0.250. The van der Waals surface area contributed by atoms with E-state index in [1.54, 1.807) is 18.3 Å². The van der Waals surface area contributed by atoms with Crippen LogP contribution in [0.1, 0.15) is 25.5 Å². The van der Waals surface area contributed by atoms with Crippen molar-refractivity contribution in [1.29, 1.82) is 0 Å². The van der Waals surface area contributed by atoms with Crippen LogP contribution in [0.4, 0.5) is 4.39 Å². The summed E-state index contributed by atoms with van der Waals surface area (Å²) in [5.41, 5.74) is 0.795. The van der Waals surface area contributed by atoms with Crippen LogP contribution in [0.15, 0.2) is 34.9 Å². The summed E-state index contributed by atoms with van der Waals surface area (Å²) in [5.74, 6) is 1.44. The Morgan fingerprint density at radius 1 is 1.20 bits per heavy atom. The van der Waals surface area contributed by atoms with Crippen molar-refractivity contribution in [2.24, 2.45) is 0 Å². The van der Waals surface area contributed by atoms with Crippen LogP contribution in [0, 0.1) is 5.82 Å². The monoisotopic (exact) mass is 205 g/mol. The van der Waals surface area contributed by atoms with Gasteiger partial charge in [-0.3, -0.25) is 0 Å². The zero-order chi connectivity index (χ0) is 10.8. The van der Waals surface area contributed by atoms with Crippen molar-refractivity contribution in [2.45, 2.75) is 19.8 Å². The van der Waals surface area contributed by atoms with E-state index in [1.165, 1.54) is 12.1 Å². The second-order valence-electron chi connectivity index (χ2n) is 3.73. The maximum absolute atomic E-state index is 12.7. The Labute approximate surface area is 87.8 Å². The highest BCUT2D eigenvalue weighted by Crippen LogP contribution is 2.23. The number of rotatable bonds is 2. The summed E-state index contributed by atoms with van der Waals surface area (Å²) in [6.07, 6.45) is 1.71. The van der Waals surface area contributed by atoms with Crippen molar-refractivity contribution in [1.82, 2.24) is 4.98 Å². The van der Waals surface area contributed by atoms with Gasteiger partial charge in [-0.05, 0) is 24.3 Å². The number of benzene rings is 1. The Hall–Kier alpha value is -1.64. The van der Waals surface area contributed by atoms with Gasteiger partial charge in [-0.1, -0.05) is 13.8 Å². The fourth-order valence-electron chi connectivity index (χ4n) is 1.28. The molecule has 2 nitrogen and oxygen atoms in total. The van der Waals surface area contributed by atoms with E-state index in [2.05, 4.69) is 4.98 Å². The summed E-state index contributed by atoms with van der Waals surface area (Å²) in [6.45, 7) is 4.07. The lowest BCUT2D eigenvalue weighted by atomic mass is 10.2. The first kappa shape index (κ1) is 9.90. The van der Waals surface area contributed by atoms with E-state index < -0.39 is 0 Å². The molecule has 1 aromatic carbocycles. The quantitative estimate of drug-likeness (QED) is 0.748. The zero-order valence-corrected chi connectivity index (χ0v) is 8.70. The Morgan fingerprint density at radius 2 is 1.87 bits per heavy atom. The summed E-state index contributed by atoms with van der Waals surface area (Å²) in [5, 5.41) is 0. The molecular weight excluding hydrogens is 193 g/mol. The van der Waals surface area contributed by atoms with Crippen molar-refractivity contribution >= 4 is 0 Å². The van der Waals surface area contributed by atoms with E-state index in [9.17, 15) is 4.39 Å². The molecule has 0 spiro atoms. The molecule has 0 saturated carbocycles. The molecule has 0 aliphatic heterocycles. The lowest BCUT2D eigenvalue weighted by molar-refractivity contribution is 0.495. The minimum absolute atomic E-state index is 0.255. The Balaban J connectivity index is 2.33. The van der Waals surface area contributed by atoms with Gasteiger partial charge in [-0.25, -0.2) is 9.37 Å². The number of hydrogen-bond acceptors (Lipinski definition) is 2. The van der Waals surface area contributed by atoms with E-state index in [4.69, 9.17) is 4.42 Å². The first-order chi connectivity index (χ1) is 7.16. The molecule has 0 radical (unpaired) electrons. The Kier molecular flexibility index (Phi) is 2.54. The summed E-state index contributed by atoms with van der Waals surface area (Å²) >= 11 is 0. The van der Waals surface area contributed by atoms with E-state index in [0.717, 1.165) is 11.3 Å². The number of nitrogens with zero attached hydrogens (tertiary/aromatic N) is 1. The van der Waals surface area contributed by atoms with Crippen LogP contribution in [0.25, 0.3) is 11.5 Å². The molecule has 0 aliphatic rings. The van der Waals surface area contributed by atoms with Gasteiger partial charge in [0.25, 0.3) is 0 Å². The van der Waals surface area contributed by atoms with Crippen molar-refractivity contribution < 1.29 is 8.81 Å². The number of hydrogen-bond donors (Lipinski definition) is 0. The average molecular weight is 205 g/mol. The van der Waals surface area contributed by atoms with Gasteiger partial charge in [-0.15, -0.1) is 0 Å². The average Bonchev–Trinajstić information content (AvgIpc) is 2.68. The van der Waals surface area contributed by atoms with Crippen LogP contribution >= 0.6 is 0 Å². The van der Waals surface area contributed by atoms with E-state index in [-0.39, 0.29) is 5.82 Å². The third-order valence-corrected chi connectivity index (χ3v) is 2.18. The largest absolute Gasteiger partial charge is 0.441 e. The van der Waals surface area contributed by atoms with Crippen LogP contribution in [0.5, 0.6) is 0 Å². The molecule has 0 N–H and O–H groups in total. The molecule has 0 bridgehead atoms. The van der Waals surface area contributed by atoms with Gasteiger partial charge in [0.05, 0.1) is 6.20 Å². The lowest BCUT2D eigenvalue weighted by Gasteiger charge is -1.97. The minimum Gasteiger partial charge on any atom is -0.441 e. The normalized spacial score (nSPS) is 10.9. The molecule has 0 unspecified atom stereocenters. The van der Waals surface area contributed by atoms with Crippen LogP contribution in [0.2, 0.25) is 0 Å². The summed E-state index contributed by atoms with van der Waals surface area (Å²) < 4.78 is 18.2. The maximum Gasteiger partial charge on any atom is 0.226 e. The second-order valence-corrected chi connectivity index (χ2v) is 3.73. The molecule has 2 aromatic rings. The molecule has 0 saturated heterocycles. The van der Waals surface area contributed by atoms with Crippen molar-refractivity contribution in [3.63, 3.8) is 0 Å². The Morgan fingerprint density at radius 3 is 2.40 bits per heavy atom. The van der Waals surface area contributed by atoms with E-state index in [1.807, 2.05) is 13.8 Å². The third-order valence-electron chi connectivity index (χ3n) is 2.18. The molecule has 78 valence electrons. The minimum atomic E-state index is -0.255. The molecule has 2 rings (SSSR count). The smallest absolute Gasteiger partial charge is 0.226 e. The molecule has 0 amide bonds. The van der Waals surface area contributed by atoms with Crippen LogP contribution in [-0.2, 0) is 0 Å². The molecule has 1 aromatic heterocycles. The molecule has 0 fully saturated rings. The van der Waals surface area contributed by atoms with Gasteiger partial charge >= 0.3 is 0 Å². The molecule has 0 atom stereocenters. The number of oxazole rings is 1. The lowest BCUT2D eigenvalue weighted by Crippen LogP contribution is -1.80. The standard InChI is InChI=1S/C12H12FNO/c1-8(2)11-7-14-12(15-11)9-3-5-10(13)6-4-9/h3-8H,1-2H3. The van der Waals surface area contributed by atoms with Crippen molar-refractivity contribution in [3.8, 4) is 11.5 Å². The van der Waals surface area contributed by atoms with Gasteiger partial charge in [0, 0.05) is 11.5 Å². The second kappa shape index (κ2) is 3.85. The molecule has 3 heteroatoms. The predicted octanol–water partition coefficient (Wildman–Crippen LogP) is 3.60. The van der Waals surface area contributed by atoms with Gasteiger partial charge in [0.2, 0.25) is 5.89 Å². The SMILES string of the molecule is CC(C)c1cnc(-c2ccc(F)cc2)o1. The van der Waals surface area contributed by atoms with Gasteiger partial charge in [0.1, 0.15) is 11.6 Å². The van der Waals surface area contributed by atoms with Gasteiger partial charge in [0.15, 0.2) is 0 Å². The van der Waals surface area contributed by atoms with E-state index >= 15 is 0 Å².